The molecule has 8 heteroatoms. The highest BCUT2D eigenvalue weighted by Gasteiger charge is 2.34. The molecule has 4 rings (SSSR count). The van der Waals surface area contributed by atoms with Crippen molar-refractivity contribution in [2.75, 3.05) is 0 Å². The Kier molecular flexibility index (Phi) is 3.86. The number of nitriles is 1. The van der Waals surface area contributed by atoms with Crippen LogP contribution in [-0.4, -0.2) is 41.0 Å². The van der Waals surface area contributed by atoms with E-state index in [9.17, 15) is 15.5 Å². The number of nitrogens with zero attached hydrogens (tertiary/aromatic N) is 5. The molecule has 8 nitrogen and oxygen atoms in total. The molecule has 3 heterocycles. The second kappa shape index (κ2) is 6.18. The highest BCUT2D eigenvalue weighted by Crippen LogP contribution is 2.38. The minimum absolute atomic E-state index is 0.166. The van der Waals surface area contributed by atoms with Gasteiger partial charge in [-0.3, -0.25) is 4.68 Å². The Morgan fingerprint density at radius 2 is 2.12 bits per heavy atom. The van der Waals surface area contributed by atoms with Gasteiger partial charge in [0.15, 0.2) is 6.10 Å². The molecule has 2 unspecified atom stereocenters. The summed E-state index contributed by atoms with van der Waals surface area (Å²) in [4.78, 5) is 11.4. The minimum Gasteiger partial charge on any atom is -0.492 e. The number of aliphatic hydroxyl groups is 1. The van der Waals surface area contributed by atoms with Crippen LogP contribution in [0.2, 0.25) is 0 Å². The third kappa shape index (κ3) is 2.62. The van der Waals surface area contributed by atoms with Crippen molar-refractivity contribution in [3.8, 4) is 23.2 Å². The van der Waals surface area contributed by atoms with Gasteiger partial charge < -0.3 is 15.2 Å². The first kappa shape index (κ1) is 15.6. The van der Waals surface area contributed by atoms with Crippen LogP contribution in [0.4, 0.5) is 0 Å². The van der Waals surface area contributed by atoms with Crippen molar-refractivity contribution < 1.29 is 10.2 Å². The molecule has 1 aliphatic carbocycles. The van der Waals surface area contributed by atoms with E-state index in [1.807, 2.05) is 12.1 Å². The van der Waals surface area contributed by atoms with E-state index >= 15 is 0 Å². The normalized spacial score (nSPS) is 17.6. The maximum absolute atomic E-state index is 10.4. The molecule has 0 spiro atoms. The fraction of sp³-hybridized carbons (Fsp3) is 0.412. The highest BCUT2D eigenvalue weighted by molar-refractivity contribution is 5.91. The SMILES string of the molecule is N#CC(O)C(C1CCCC1)n1cc(-c2ncnc3[nH]ccc23)c(O)n1. The molecular formula is C17H18N6O2. The van der Waals surface area contributed by atoms with Crippen LogP contribution in [0.5, 0.6) is 5.88 Å². The number of aliphatic hydroxyl groups excluding tert-OH is 1. The summed E-state index contributed by atoms with van der Waals surface area (Å²) in [5, 5.41) is 34.7. The number of aromatic amines is 1. The van der Waals surface area contributed by atoms with Crippen molar-refractivity contribution >= 4 is 11.0 Å². The van der Waals surface area contributed by atoms with Gasteiger partial charge in [-0.15, -0.1) is 5.10 Å². The lowest BCUT2D eigenvalue weighted by Crippen LogP contribution is -2.29. The lowest BCUT2D eigenvalue weighted by Gasteiger charge is -2.24. The summed E-state index contributed by atoms with van der Waals surface area (Å²) in [7, 11) is 0. The van der Waals surface area contributed by atoms with E-state index in [2.05, 4.69) is 20.1 Å². The van der Waals surface area contributed by atoms with Crippen molar-refractivity contribution in [3.63, 3.8) is 0 Å². The van der Waals surface area contributed by atoms with Gasteiger partial charge in [0.25, 0.3) is 0 Å². The van der Waals surface area contributed by atoms with Crippen LogP contribution < -0.4 is 0 Å². The lowest BCUT2D eigenvalue weighted by atomic mass is 9.94. The first-order valence-electron chi connectivity index (χ1n) is 8.33. The van der Waals surface area contributed by atoms with Gasteiger partial charge in [0.2, 0.25) is 5.88 Å². The molecule has 0 amide bonds. The Balaban J connectivity index is 1.79. The van der Waals surface area contributed by atoms with E-state index in [4.69, 9.17) is 0 Å². The number of aromatic nitrogens is 5. The quantitative estimate of drug-likeness (QED) is 0.626. The highest BCUT2D eigenvalue weighted by atomic mass is 16.3. The van der Waals surface area contributed by atoms with Crippen LogP contribution in [0, 0.1) is 17.2 Å². The smallest absolute Gasteiger partial charge is 0.239 e. The lowest BCUT2D eigenvalue weighted by molar-refractivity contribution is 0.114. The molecule has 0 bridgehead atoms. The van der Waals surface area contributed by atoms with Crippen molar-refractivity contribution in [2.24, 2.45) is 5.92 Å². The van der Waals surface area contributed by atoms with Gasteiger partial charge in [-0.05, 0) is 24.8 Å². The number of aromatic hydroxyl groups is 1. The number of rotatable bonds is 4. The van der Waals surface area contributed by atoms with Crippen LogP contribution in [0.25, 0.3) is 22.3 Å². The van der Waals surface area contributed by atoms with E-state index < -0.39 is 12.1 Å². The predicted octanol–water partition coefficient (Wildman–Crippen LogP) is 2.14. The van der Waals surface area contributed by atoms with E-state index in [0.717, 1.165) is 31.1 Å². The van der Waals surface area contributed by atoms with Gasteiger partial charge in [0.05, 0.1) is 23.4 Å². The maximum atomic E-state index is 10.4. The zero-order valence-electron chi connectivity index (χ0n) is 13.5. The molecule has 2 atom stereocenters. The number of H-pyrrole nitrogens is 1. The number of fused-ring (bicyclic) bond motifs is 1. The van der Waals surface area contributed by atoms with E-state index in [-0.39, 0.29) is 11.8 Å². The van der Waals surface area contributed by atoms with Gasteiger partial charge in [-0.1, -0.05) is 12.8 Å². The second-order valence-corrected chi connectivity index (χ2v) is 6.42. The average Bonchev–Trinajstić information content (AvgIpc) is 3.35. The molecule has 3 aromatic rings. The summed E-state index contributed by atoms with van der Waals surface area (Å²) >= 11 is 0. The molecular weight excluding hydrogens is 320 g/mol. The first-order valence-corrected chi connectivity index (χ1v) is 8.33. The second-order valence-electron chi connectivity index (χ2n) is 6.42. The third-order valence-corrected chi connectivity index (χ3v) is 4.97. The van der Waals surface area contributed by atoms with Crippen LogP contribution in [0.3, 0.4) is 0 Å². The Labute approximate surface area is 143 Å². The van der Waals surface area contributed by atoms with Crippen LogP contribution in [0.1, 0.15) is 31.7 Å². The van der Waals surface area contributed by atoms with Crippen LogP contribution >= 0.6 is 0 Å². The van der Waals surface area contributed by atoms with Gasteiger partial charge in [-0.2, -0.15) is 5.26 Å². The van der Waals surface area contributed by atoms with E-state index in [1.54, 1.807) is 12.4 Å². The molecule has 128 valence electrons. The Hall–Kier alpha value is -2.92. The Morgan fingerprint density at radius 3 is 2.88 bits per heavy atom. The molecule has 25 heavy (non-hydrogen) atoms. The first-order chi connectivity index (χ1) is 12.2. The molecule has 0 aromatic carbocycles. The summed E-state index contributed by atoms with van der Waals surface area (Å²) in [5.41, 5.74) is 1.69. The fourth-order valence-corrected chi connectivity index (χ4v) is 3.78. The zero-order valence-corrected chi connectivity index (χ0v) is 13.5. The predicted molar refractivity (Wildman–Crippen MR) is 89.4 cm³/mol. The molecule has 3 N–H and O–H groups in total. The summed E-state index contributed by atoms with van der Waals surface area (Å²) < 4.78 is 1.52. The molecule has 3 aromatic heterocycles. The van der Waals surface area contributed by atoms with Gasteiger partial charge in [0.1, 0.15) is 12.0 Å². The molecule has 1 fully saturated rings. The van der Waals surface area contributed by atoms with Crippen molar-refractivity contribution in [1.82, 2.24) is 24.7 Å². The third-order valence-electron chi connectivity index (χ3n) is 4.97. The van der Waals surface area contributed by atoms with Gasteiger partial charge in [-0.25, -0.2) is 9.97 Å². The summed E-state index contributed by atoms with van der Waals surface area (Å²) in [5.74, 6) is -0.00573. The average molecular weight is 338 g/mol. The van der Waals surface area contributed by atoms with Crippen molar-refractivity contribution in [2.45, 2.75) is 37.8 Å². The van der Waals surface area contributed by atoms with E-state index in [1.165, 1.54) is 11.0 Å². The van der Waals surface area contributed by atoms with Crippen molar-refractivity contribution in [3.05, 3.63) is 24.8 Å². The summed E-state index contributed by atoms with van der Waals surface area (Å²) in [6.07, 6.45) is 7.70. The van der Waals surface area contributed by atoms with Gasteiger partial charge >= 0.3 is 0 Å². The standard InChI is InChI=1S/C17H18N6O2/c18-7-13(24)15(10-3-1-2-4-10)23-8-12(17(25)22-23)14-11-5-6-19-16(11)21-9-20-14/h5-6,8-10,13,15,24H,1-4H2,(H,22,25)(H,19,20,21). The zero-order chi connectivity index (χ0) is 17.4. The van der Waals surface area contributed by atoms with Crippen LogP contribution in [0.15, 0.2) is 24.8 Å². The Bertz CT molecular complexity index is 934. The number of nitrogens with one attached hydrogen (secondary N) is 1. The molecule has 1 saturated carbocycles. The number of hydrogen-bond donors (Lipinski definition) is 3. The monoisotopic (exact) mass is 338 g/mol. The largest absolute Gasteiger partial charge is 0.492 e. The molecule has 0 radical (unpaired) electrons. The van der Waals surface area contributed by atoms with Gasteiger partial charge in [0, 0.05) is 17.8 Å². The molecule has 0 aliphatic heterocycles. The summed E-state index contributed by atoms with van der Waals surface area (Å²) in [6, 6.07) is 3.27. The molecule has 1 aliphatic rings. The Morgan fingerprint density at radius 1 is 1.32 bits per heavy atom. The topological polar surface area (TPSA) is 124 Å². The number of hydrogen-bond acceptors (Lipinski definition) is 6. The summed E-state index contributed by atoms with van der Waals surface area (Å²) in [6.45, 7) is 0. The minimum atomic E-state index is -1.17. The van der Waals surface area contributed by atoms with Crippen LogP contribution in [-0.2, 0) is 0 Å². The maximum Gasteiger partial charge on any atom is 0.239 e. The van der Waals surface area contributed by atoms with E-state index in [0.29, 0.717) is 16.9 Å². The molecule has 0 saturated heterocycles. The fourth-order valence-electron chi connectivity index (χ4n) is 3.78. The van der Waals surface area contributed by atoms with Crippen molar-refractivity contribution in [1.29, 1.82) is 5.26 Å².